The highest BCUT2D eigenvalue weighted by Gasteiger charge is 2.13. The molecule has 158 valence electrons. The van der Waals surface area contributed by atoms with Crippen molar-refractivity contribution in [2.45, 2.75) is 0 Å². The second-order valence-electron chi connectivity index (χ2n) is 6.13. The second kappa shape index (κ2) is 8.82. The zero-order chi connectivity index (χ0) is 21.7. The van der Waals surface area contributed by atoms with Crippen molar-refractivity contribution in [3.63, 3.8) is 0 Å². The molecule has 0 aliphatic rings. The lowest BCUT2D eigenvalue weighted by molar-refractivity contribution is 0.395. The molecule has 0 amide bonds. The quantitative estimate of drug-likeness (QED) is 0.495. The van der Waals surface area contributed by atoms with Crippen LogP contribution in [0.15, 0.2) is 48.7 Å². The Hall–Kier alpha value is -3.60. The Morgan fingerprint density at radius 1 is 0.967 bits per heavy atom. The molecule has 2 aromatic carbocycles. The van der Waals surface area contributed by atoms with Crippen molar-refractivity contribution in [1.29, 1.82) is 0 Å². The number of rotatable bonds is 8. The summed E-state index contributed by atoms with van der Waals surface area (Å²) in [6.07, 6.45) is 2.03. The van der Waals surface area contributed by atoms with E-state index in [0.29, 0.717) is 22.9 Å². The molecule has 0 fully saturated rings. The number of hydrogen-bond donors (Lipinski definition) is 3. The Kier molecular flexibility index (Phi) is 6.21. The maximum atomic E-state index is 14.3. The van der Waals surface area contributed by atoms with Crippen LogP contribution in [0.1, 0.15) is 0 Å². The lowest BCUT2D eigenvalue weighted by Gasteiger charge is -2.14. The van der Waals surface area contributed by atoms with Crippen molar-refractivity contribution < 1.29 is 22.3 Å². The molecule has 11 heteroatoms. The van der Waals surface area contributed by atoms with E-state index in [2.05, 4.69) is 25.3 Å². The fourth-order valence-electron chi connectivity index (χ4n) is 2.55. The van der Waals surface area contributed by atoms with Crippen LogP contribution < -0.4 is 24.8 Å². The van der Waals surface area contributed by atoms with E-state index in [0.717, 1.165) is 12.5 Å². The fraction of sp³-hybridized carbons (Fsp3) is 0.158. The van der Waals surface area contributed by atoms with E-state index in [-0.39, 0.29) is 17.5 Å². The van der Waals surface area contributed by atoms with Gasteiger partial charge in [0.05, 0.1) is 43.7 Å². The van der Waals surface area contributed by atoms with Gasteiger partial charge in [0.1, 0.15) is 11.5 Å². The van der Waals surface area contributed by atoms with E-state index in [1.165, 1.54) is 7.11 Å². The molecule has 0 aliphatic carbocycles. The lowest BCUT2D eigenvalue weighted by Crippen LogP contribution is -2.11. The molecule has 0 atom stereocenters. The molecule has 0 bridgehead atoms. The molecule has 0 saturated carbocycles. The molecule has 0 spiro atoms. The Labute approximate surface area is 173 Å². The van der Waals surface area contributed by atoms with E-state index in [9.17, 15) is 12.8 Å². The smallest absolute Gasteiger partial charge is 0.229 e. The first-order valence-electron chi connectivity index (χ1n) is 8.64. The first-order valence-corrected chi connectivity index (χ1v) is 10.5. The normalized spacial score (nSPS) is 10.9. The summed E-state index contributed by atoms with van der Waals surface area (Å²) in [7, 11) is -0.472. The number of para-hydroxylation sites is 2. The number of nitrogens with one attached hydrogen (secondary N) is 3. The van der Waals surface area contributed by atoms with E-state index in [4.69, 9.17) is 9.47 Å². The number of aromatic nitrogens is 2. The minimum absolute atomic E-state index is 0.107. The van der Waals surface area contributed by atoms with Crippen LogP contribution in [0.3, 0.4) is 0 Å². The number of sulfonamides is 1. The van der Waals surface area contributed by atoms with Crippen molar-refractivity contribution in [3.05, 3.63) is 54.5 Å². The summed E-state index contributed by atoms with van der Waals surface area (Å²) in [4.78, 5) is 8.09. The Balaban J connectivity index is 1.89. The maximum Gasteiger partial charge on any atom is 0.229 e. The first-order chi connectivity index (χ1) is 14.3. The monoisotopic (exact) mass is 433 g/mol. The van der Waals surface area contributed by atoms with Crippen LogP contribution in [0.25, 0.3) is 0 Å². The van der Waals surface area contributed by atoms with Gasteiger partial charge in [0.25, 0.3) is 0 Å². The van der Waals surface area contributed by atoms with Crippen LogP contribution in [0.4, 0.5) is 33.2 Å². The van der Waals surface area contributed by atoms with Crippen molar-refractivity contribution in [3.8, 4) is 11.5 Å². The highest BCUT2D eigenvalue weighted by atomic mass is 32.2. The van der Waals surface area contributed by atoms with Crippen LogP contribution in [0.2, 0.25) is 0 Å². The summed E-state index contributed by atoms with van der Waals surface area (Å²) in [5, 5.41) is 5.75. The topological polar surface area (TPSA) is 114 Å². The Bertz CT molecular complexity index is 1160. The predicted molar refractivity (Wildman–Crippen MR) is 113 cm³/mol. The number of nitrogens with zero attached hydrogens (tertiary/aromatic N) is 2. The van der Waals surface area contributed by atoms with E-state index >= 15 is 0 Å². The van der Waals surface area contributed by atoms with Gasteiger partial charge in [-0.15, -0.1) is 0 Å². The van der Waals surface area contributed by atoms with Crippen molar-refractivity contribution in [1.82, 2.24) is 9.97 Å². The summed E-state index contributed by atoms with van der Waals surface area (Å²) in [6, 6.07) is 11.6. The average molecular weight is 433 g/mol. The molecule has 9 nitrogen and oxygen atoms in total. The van der Waals surface area contributed by atoms with Crippen molar-refractivity contribution in [2.75, 3.05) is 35.8 Å². The minimum atomic E-state index is -3.52. The molecule has 30 heavy (non-hydrogen) atoms. The molecule has 1 aromatic heterocycles. The number of ether oxygens (including phenoxy) is 2. The average Bonchev–Trinajstić information content (AvgIpc) is 2.71. The van der Waals surface area contributed by atoms with Crippen molar-refractivity contribution in [2.24, 2.45) is 0 Å². The summed E-state index contributed by atoms with van der Waals surface area (Å²) in [6.45, 7) is 0. The zero-order valence-corrected chi connectivity index (χ0v) is 17.2. The summed E-state index contributed by atoms with van der Waals surface area (Å²) in [5.74, 6) is 0.351. The number of halogens is 1. The van der Waals surface area contributed by atoms with Crippen LogP contribution in [-0.2, 0) is 10.0 Å². The largest absolute Gasteiger partial charge is 0.497 e. The van der Waals surface area contributed by atoms with Crippen molar-refractivity contribution >= 4 is 38.9 Å². The number of anilines is 5. The predicted octanol–water partition coefficient (Wildman–Crippen LogP) is 3.49. The maximum absolute atomic E-state index is 14.3. The standard InChI is InChI=1S/C19H20FN5O4S/c1-28-12-8-9-16(17(10-12)29-2)23-19-21-11-13(20)18(24-19)22-14-6-4-5-7-15(14)25-30(3,26)27/h4-11,25H,1-3H3,(H2,21,22,23,24). The van der Waals surface area contributed by atoms with E-state index in [1.54, 1.807) is 49.6 Å². The second-order valence-corrected chi connectivity index (χ2v) is 7.87. The summed E-state index contributed by atoms with van der Waals surface area (Å²) >= 11 is 0. The van der Waals surface area contributed by atoms with Gasteiger partial charge in [-0.2, -0.15) is 4.98 Å². The molecule has 0 unspecified atom stereocenters. The first kappa shape index (κ1) is 21.1. The van der Waals surface area contributed by atoms with Crippen LogP contribution >= 0.6 is 0 Å². The van der Waals surface area contributed by atoms with Gasteiger partial charge in [-0.3, -0.25) is 4.72 Å². The van der Waals surface area contributed by atoms with Crippen LogP contribution in [0, 0.1) is 5.82 Å². The fourth-order valence-corrected chi connectivity index (χ4v) is 3.12. The van der Waals surface area contributed by atoms with Crippen LogP contribution in [-0.4, -0.2) is 38.9 Å². The third-order valence-electron chi connectivity index (χ3n) is 3.87. The molecule has 0 aliphatic heterocycles. The lowest BCUT2D eigenvalue weighted by atomic mass is 10.2. The summed E-state index contributed by atoms with van der Waals surface area (Å²) in [5.41, 5.74) is 1.13. The van der Waals surface area contributed by atoms with E-state index in [1.807, 2.05) is 0 Å². The van der Waals surface area contributed by atoms with Gasteiger partial charge in [-0.25, -0.2) is 17.8 Å². The van der Waals surface area contributed by atoms with Gasteiger partial charge in [0, 0.05) is 6.07 Å². The molecular weight excluding hydrogens is 413 g/mol. The van der Waals surface area contributed by atoms with Gasteiger partial charge >= 0.3 is 0 Å². The zero-order valence-electron chi connectivity index (χ0n) is 16.4. The Morgan fingerprint density at radius 3 is 2.37 bits per heavy atom. The van der Waals surface area contributed by atoms with E-state index < -0.39 is 15.8 Å². The molecule has 0 saturated heterocycles. The Morgan fingerprint density at radius 2 is 1.70 bits per heavy atom. The van der Waals surface area contributed by atoms with Gasteiger partial charge in [0.15, 0.2) is 11.6 Å². The molecule has 0 radical (unpaired) electrons. The molecule has 3 N–H and O–H groups in total. The van der Waals surface area contributed by atoms with Gasteiger partial charge < -0.3 is 20.1 Å². The van der Waals surface area contributed by atoms with Gasteiger partial charge in [-0.05, 0) is 24.3 Å². The third-order valence-corrected chi connectivity index (χ3v) is 4.47. The highest BCUT2D eigenvalue weighted by molar-refractivity contribution is 7.92. The number of hydrogen-bond acceptors (Lipinski definition) is 8. The van der Waals surface area contributed by atoms with Gasteiger partial charge in [-0.1, -0.05) is 12.1 Å². The molecular formula is C19H20FN5O4S. The van der Waals surface area contributed by atoms with Crippen LogP contribution in [0.5, 0.6) is 11.5 Å². The molecule has 3 aromatic rings. The molecule has 1 heterocycles. The highest BCUT2D eigenvalue weighted by Crippen LogP contribution is 2.31. The SMILES string of the molecule is COc1ccc(Nc2ncc(F)c(Nc3ccccc3NS(C)(=O)=O)n2)c(OC)c1. The van der Waals surface area contributed by atoms with Gasteiger partial charge in [0.2, 0.25) is 16.0 Å². The summed E-state index contributed by atoms with van der Waals surface area (Å²) < 4.78 is 50.3. The minimum Gasteiger partial charge on any atom is -0.497 e. The number of benzene rings is 2. The molecule has 3 rings (SSSR count). The number of methoxy groups -OCH3 is 2. The third kappa shape index (κ3) is 5.26.